The van der Waals surface area contributed by atoms with Crippen LogP contribution in [0.3, 0.4) is 0 Å². The number of rotatable bonds is 1. The predicted molar refractivity (Wildman–Crippen MR) is 56.8 cm³/mol. The zero-order chi connectivity index (χ0) is 11.5. The molecule has 0 aromatic heterocycles. The van der Waals surface area contributed by atoms with Gasteiger partial charge in [0.1, 0.15) is 12.6 Å². The van der Waals surface area contributed by atoms with Gasteiger partial charge in [-0.3, -0.25) is 0 Å². The normalized spacial score (nSPS) is 19.4. The second kappa shape index (κ2) is 4.22. The molecule has 16 heavy (non-hydrogen) atoms. The minimum atomic E-state index is -0.604. The van der Waals surface area contributed by atoms with Crippen molar-refractivity contribution in [3.63, 3.8) is 0 Å². The molecular weight excluding hydrogens is 208 g/mol. The lowest BCUT2D eigenvalue weighted by Gasteiger charge is -2.18. The molecular formula is C11H12N2O3. The molecule has 0 aliphatic carbocycles. The largest absolute Gasteiger partial charge is 0.446 e. The molecule has 0 spiro atoms. The first-order valence-corrected chi connectivity index (χ1v) is 4.96. The van der Waals surface area contributed by atoms with Crippen LogP contribution in [0.4, 0.5) is 9.59 Å². The Hall–Kier alpha value is -2.04. The second-order valence-corrected chi connectivity index (χ2v) is 3.43. The summed E-state index contributed by atoms with van der Waals surface area (Å²) in [5.74, 6) is 0. The Bertz CT molecular complexity index is 405. The van der Waals surface area contributed by atoms with Crippen molar-refractivity contribution in [3.05, 3.63) is 35.9 Å². The molecule has 0 bridgehead atoms. The van der Waals surface area contributed by atoms with Crippen LogP contribution in [0.25, 0.3) is 0 Å². The number of benzene rings is 1. The van der Waals surface area contributed by atoms with E-state index in [0.29, 0.717) is 0 Å². The Morgan fingerprint density at radius 3 is 2.75 bits per heavy atom. The summed E-state index contributed by atoms with van der Waals surface area (Å²) in [6.07, 6.45) is -0.604. The van der Waals surface area contributed by atoms with E-state index in [0.717, 1.165) is 10.5 Å². The van der Waals surface area contributed by atoms with Gasteiger partial charge in [-0.1, -0.05) is 30.3 Å². The number of ether oxygens (including phenoxy) is 1. The fraction of sp³-hybridized carbons (Fsp3) is 0.273. The highest BCUT2D eigenvalue weighted by Gasteiger charge is 2.38. The zero-order valence-corrected chi connectivity index (χ0v) is 8.84. The maximum absolute atomic E-state index is 11.5. The fourth-order valence-electron chi connectivity index (χ4n) is 1.69. The van der Waals surface area contributed by atoms with Crippen molar-refractivity contribution in [2.75, 3.05) is 13.7 Å². The van der Waals surface area contributed by atoms with Gasteiger partial charge in [0.15, 0.2) is 0 Å². The van der Waals surface area contributed by atoms with Gasteiger partial charge in [0.05, 0.1) is 0 Å². The SMILES string of the molecule is CNC(=O)N1C(=O)OC[C@@H]1c1ccccc1. The number of carbonyl (C=O) groups is 2. The van der Waals surface area contributed by atoms with Gasteiger partial charge >= 0.3 is 12.1 Å². The minimum absolute atomic E-state index is 0.205. The maximum Gasteiger partial charge on any atom is 0.418 e. The molecule has 1 aliphatic heterocycles. The number of urea groups is 1. The molecule has 1 aliphatic rings. The number of carbonyl (C=O) groups excluding carboxylic acids is 2. The van der Waals surface area contributed by atoms with E-state index in [1.54, 1.807) is 0 Å². The van der Waals surface area contributed by atoms with Crippen LogP contribution in [0.15, 0.2) is 30.3 Å². The third-order valence-electron chi connectivity index (χ3n) is 2.49. The van der Waals surface area contributed by atoms with Crippen LogP contribution in [0, 0.1) is 0 Å². The summed E-state index contributed by atoms with van der Waals surface area (Å²) in [4.78, 5) is 24.0. The first-order chi connectivity index (χ1) is 7.74. The summed E-state index contributed by atoms with van der Waals surface area (Å²) in [5, 5.41) is 2.42. The van der Waals surface area contributed by atoms with Crippen LogP contribution >= 0.6 is 0 Å². The van der Waals surface area contributed by atoms with E-state index in [4.69, 9.17) is 4.74 Å². The molecule has 5 nitrogen and oxygen atoms in total. The van der Waals surface area contributed by atoms with Crippen molar-refractivity contribution in [1.29, 1.82) is 0 Å². The van der Waals surface area contributed by atoms with Gasteiger partial charge in [0, 0.05) is 7.05 Å². The Morgan fingerprint density at radius 1 is 1.44 bits per heavy atom. The first-order valence-electron chi connectivity index (χ1n) is 4.96. The van der Waals surface area contributed by atoms with E-state index in [9.17, 15) is 9.59 Å². The molecule has 1 aromatic carbocycles. The van der Waals surface area contributed by atoms with Crippen molar-refractivity contribution in [1.82, 2.24) is 10.2 Å². The maximum atomic E-state index is 11.5. The number of nitrogens with one attached hydrogen (secondary N) is 1. The third kappa shape index (κ3) is 1.71. The molecule has 0 unspecified atom stereocenters. The molecule has 0 radical (unpaired) electrons. The van der Waals surface area contributed by atoms with Crippen molar-refractivity contribution in [3.8, 4) is 0 Å². The lowest BCUT2D eigenvalue weighted by atomic mass is 10.1. The molecule has 1 atom stereocenters. The van der Waals surface area contributed by atoms with Gasteiger partial charge in [-0.15, -0.1) is 0 Å². The topological polar surface area (TPSA) is 58.6 Å². The quantitative estimate of drug-likeness (QED) is 0.780. The van der Waals surface area contributed by atoms with Crippen LogP contribution in [-0.4, -0.2) is 30.7 Å². The van der Waals surface area contributed by atoms with Gasteiger partial charge in [0.2, 0.25) is 0 Å². The van der Waals surface area contributed by atoms with E-state index in [1.807, 2.05) is 30.3 Å². The molecule has 1 heterocycles. The highest BCUT2D eigenvalue weighted by Crippen LogP contribution is 2.27. The molecule has 3 amide bonds. The smallest absolute Gasteiger partial charge is 0.418 e. The van der Waals surface area contributed by atoms with Gasteiger partial charge < -0.3 is 10.1 Å². The number of hydrogen-bond acceptors (Lipinski definition) is 3. The van der Waals surface area contributed by atoms with E-state index in [1.165, 1.54) is 7.05 Å². The summed E-state index contributed by atoms with van der Waals surface area (Å²) in [6, 6.07) is 8.54. The second-order valence-electron chi connectivity index (χ2n) is 3.43. The lowest BCUT2D eigenvalue weighted by Crippen LogP contribution is -2.40. The highest BCUT2D eigenvalue weighted by molar-refractivity contribution is 5.92. The molecule has 0 saturated carbocycles. The van der Waals surface area contributed by atoms with Crippen molar-refractivity contribution in [2.24, 2.45) is 0 Å². The molecule has 5 heteroatoms. The van der Waals surface area contributed by atoms with Crippen LogP contribution in [0.1, 0.15) is 11.6 Å². The van der Waals surface area contributed by atoms with Crippen molar-refractivity contribution in [2.45, 2.75) is 6.04 Å². The van der Waals surface area contributed by atoms with Gasteiger partial charge in [-0.25, -0.2) is 14.5 Å². The van der Waals surface area contributed by atoms with E-state index in [-0.39, 0.29) is 12.6 Å². The number of imide groups is 1. The number of hydrogen-bond donors (Lipinski definition) is 1. The monoisotopic (exact) mass is 220 g/mol. The Kier molecular flexibility index (Phi) is 2.76. The summed E-state index contributed by atoms with van der Waals surface area (Å²) < 4.78 is 4.88. The molecule has 2 rings (SSSR count). The number of cyclic esters (lactones) is 1. The summed E-state index contributed by atoms with van der Waals surface area (Å²) in [7, 11) is 1.48. The fourth-order valence-corrected chi connectivity index (χ4v) is 1.69. The predicted octanol–water partition coefficient (Wildman–Crippen LogP) is 1.52. The average molecular weight is 220 g/mol. The van der Waals surface area contributed by atoms with Crippen molar-refractivity contribution >= 4 is 12.1 Å². The minimum Gasteiger partial charge on any atom is -0.446 e. The highest BCUT2D eigenvalue weighted by atomic mass is 16.6. The Morgan fingerprint density at radius 2 is 2.12 bits per heavy atom. The summed E-state index contributed by atoms with van der Waals surface area (Å²) in [5.41, 5.74) is 0.886. The molecule has 1 saturated heterocycles. The average Bonchev–Trinajstić information content (AvgIpc) is 2.71. The molecule has 1 fully saturated rings. The van der Waals surface area contributed by atoms with Crippen molar-refractivity contribution < 1.29 is 14.3 Å². The standard InChI is InChI=1S/C11H12N2O3/c1-12-10(14)13-9(7-16-11(13)15)8-5-3-2-4-6-8/h2-6,9H,7H2,1H3,(H,12,14)/t9-/m1/s1. The summed E-state index contributed by atoms with van der Waals surface area (Å²) >= 11 is 0. The van der Waals surface area contributed by atoms with E-state index in [2.05, 4.69) is 5.32 Å². The number of amides is 3. The van der Waals surface area contributed by atoms with E-state index >= 15 is 0 Å². The summed E-state index contributed by atoms with van der Waals surface area (Å²) in [6.45, 7) is 0.205. The first kappa shape index (κ1) is 10.5. The van der Waals surface area contributed by atoms with Gasteiger partial charge in [0.25, 0.3) is 0 Å². The third-order valence-corrected chi connectivity index (χ3v) is 2.49. The van der Waals surface area contributed by atoms with Gasteiger partial charge in [-0.05, 0) is 5.56 Å². The van der Waals surface area contributed by atoms with Crippen LogP contribution in [0.2, 0.25) is 0 Å². The molecule has 1 N–H and O–H groups in total. The van der Waals surface area contributed by atoms with E-state index < -0.39 is 12.1 Å². The zero-order valence-electron chi connectivity index (χ0n) is 8.84. The van der Waals surface area contributed by atoms with Crippen LogP contribution in [0.5, 0.6) is 0 Å². The lowest BCUT2D eigenvalue weighted by molar-refractivity contribution is 0.158. The number of nitrogens with zero attached hydrogens (tertiary/aromatic N) is 1. The molecule has 1 aromatic rings. The Balaban J connectivity index is 2.28. The van der Waals surface area contributed by atoms with Crippen LogP contribution in [-0.2, 0) is 4.74 Å². The van der Waals surface area contributed by atoms with Gasteiger partial charge in [-0.2, -0.15) is 0 Å². The molecule has 84 valence electrons. The Labute approximate surface area is 93.0 Å². The van der Waals surface area contributed by atoms with Crippen LogP contribution < -0.4 is 5.32 Å².